The highest BCUT2D eigenvalue weighted by atomic mass is 32.2. The third kappa shape index (κ3) is 7.09. The first kappa shape index (κ1) is 32.2. The fraction of sp³-hybridized carbons (Fsp3) is 0.345. The molecule has 1 amide bonds. The number of methoxy groups -OCH3 is 1. The van der Waals surface area contributed by atoms with E-state index in [4.69, 9.17) is 9.47 Å². The van der Waals surface area contributed by atoms with Crippen LogP contribution in [-0.4, -0.2) is 83.1 Å². The number of nitrogens with one attached hydrogen (secondary N) is 1. The molecule has 0 aromatic heterocycles. The fourth-order valence-corrected chi connectivity index (χ4v) is 6.84. The number of aliphatic hydroxyl groups is 1. The first-order valence-corrected chi connectivity index (χ1v) is 16.3. The number of hydrogen-bond acceptors (Lipinski definition) is 8. The minimum absolute atomic E-state index is 0.0252. The molecule has 4 rings (SSSR count). The summed E-state index contributed by atoms with van der Waals surface area (Å²) in [6.45, 7) is 3.22. The molecular weight excluding hydrogens is 601 g/mol. The van der Waals surface area contributed by atoms with Gasteiger partial charge in [-0.1, -0.05) is 6.92 Å². The van der Waals surface area contributed by atoms with Crippen molar-refractivity contribution in [2.75, 3.05) is 38.6 Å². The van der Waals surface area contributed by atoms with Crippen molar-refractivity contribution in [2.24, 2.45) is 5.92 Å². The van der Waals surface area contributed by atoms with E-state index in [2.05, 4.69) is 4.72 Å². The van der Waals surface area contributed by atoms with Crippen LogP contribution in [0.1, 0.15) is 24.2 Å². The summed E-state index contributed by atoms with van der Waals surface area (Å²) < 4.78 is 80.7. The van der Waals surface area contributed by atoms with Crippen molar-refractivity contribution in [3.8, 4) is 11.5 Å². The van der Waals surface area contributed by atoms with E-state index in [0.717, 1.165) is 24.3 Å². The van der Waals surface area contributed by atoms with Gasteiger partial charge in [-0.3, -0.25) is 9.52 Å². The molecule has 0 unspecified atom stereocenters. The molecule has 43 heavy (non-hydrogen) atoms. The first-order chi connectivity index (χ1) is 20.3. The van der Waals surface area contributed by atoms with Crippen molar-refractivity contribution in [1.82, 2.24) is 9.21 Å². The smallest absolute Gasteiger partial charge is 0.261 e. The van der Waals surface area contributed by atoms with Crippen molar-refractivity contribution in [3.63, 3.8) is 0 Å². The number of ether oxygens (including phenoxy) is 2. The highest BCUT2D eigenvalue weighted by Gasteiger charge is 2.35. The summed E-state index contributed by atoms with van der Waals surface area (Å²) in [5.41, 5.74) is 0.0816. The van der Waals surface area contributed by atoms with Gasteiger partial charge in [0, 0.05) is 25.2 Å². The molecule has 0 bridgehead atoms. The van der Waals surface area contributed by atoms with Gasteiger partial charge in [0.15, 0.2) is 0 Å². The van der Waals surface area contributed by atoms with Crippen molar-refractivity contribution in [3.05, 3.63) is 78.1 Å². The number of fused-ring (bicyclic) bond motifs is 1. The van der Waals surface area contributed by atoms with Crippen LogP contribution in [-0.2, 0) is 20.0 Å². The molecule has 11 nitrogen and oxygen atoms in total. The minimum Gasteiger partial charge on any atom is -0.497 e. The Balaban J connectivity index is 1.67. The van der Waals surface area contributed by atoms with E-state index in [-0.39, 0.29) is 52.4 Å². The lowest BCUT2D eigenvalue weighted by molar-refractivity contribution is 0.0387. The molecule has 14 heteroatoms. The summed E-state index contributed by atoms with van der Waals surface area (Å²) >= 11 is 0. The number of halogens is 1. The summed E-state index contributed by atoms with van der Waals surface area (Å²) in [5, 5.41) is 9.90. The van der Waals surface area contributed by atoms with E-state index in [0.29, 0.717) is 5.75 Å². The largest absolute Gasteiger partial charge is 0.497 e. The lowest BCUT2D eigenvalue weighted by Crippen LogP contribution is -2.50. The Morgan fingerprint density at radius 3 is 2.30 bits per heavy atom. The Bertz CT molecular complexity index is 1670. The molecule has 3 atom stereocenters. The van der Waals surface area contributed by atoms with Gasteiger partial charge >= 0.3 is 0 Å². The van der Waals surface area contributed by atoms with Crippen LogP contribution in [0.2, 0.25) is 0 Å². The molecule has 1 heterocycles. The van der Waals surface area contributed by atoms with E-state index in [1.54, 1.807) is 19.1 Å². The Morgan fingerprint density at radius 2 is 1.70 bits per heavy atom. The Hall–Kier alpha value is -3.72. The number of carbonyl (C=O) groups is 1. The van der Waals surface area contributed by atoms with Gasteiger partial charge in [-0.15, -0.1) is 0 Å². The summed E-state index contributed by atoms with van der Waals surface area (Å²) in [6, 6.07) is 13.8. The van der Waals surface area contributed by atoms with E-state index >= 15 is 0 Å². The maximum atomic E-state index is 13.7. The summed E-state index contributed by atoms with van der Waals surface area (Å²) in [5.74, 6) is -0.818. The quantitative estimate of drug-likeness (QED) is 0.346. The second-order valence-corrected chi connectivity index (χ2v) is 14.1. The topological polar surface area (TPSA) is 143 Å². The van der Waals surface area contributed by atoms with Crippen molar-refractivity contribution in [1.29, 1.82) is 0 Å². The van der Waals surface area contributed by atoms with Crippen molar-refractivity contribution in [2.45, 2.75) is 35.8 Å². The third-order valence-electron chi connectivity index (χ3n) is 7.25. The SMILES string of the molecule is COc1ccc(S(=O)(=O)N(C)C[C@H]2Oc3ccc(NS(=O)(=O)c4ccc(F)cc4)cc3C(=O)N([C@H](C)CO)C[C@@H]2C)cc1. The number of anilines is 1. The van der Waals surface area contributed by atoms with Crippen LogP contribution in [0.15, 0.2) is 76.5 Å². The van der Waals surface area contributed by atoms with E-state index in [1.165, 1.54) is 53.7 Å². The normalized spacial score (nSPS) is 18.3. The average molecular weight is 636 g/mol. The Kier molecular flexibility index (Phi) is 9.64. The third-order valence-corrected chi connectivity index (χ3v) is 10.5. The van der Waals surface area contributed by atoms with Crippen molar-refractivity contribution >= 4 is 31.6 Å². The highest BCUT2D eigenvalue weighted by molar-refractivity contribution is 7.92. The van der Waals surface area contributed by atoms with E-state index in [1.807, 2.05) is 6.92 Å². The zero-order valence-electron chi connectivity index (χ0n) is 24.1. The van der Waals surface area contributed by atoms with Crippen LogP contribution in [0.3, 0.4) is 0 Å². The molecule has 0 spiro atoms. The molecule has 0 aliphatic carbocycles. The van der Waals surface area contributed by atoms with Gasteiger partial charge in [-0.2, -0.15) is 4.31 Å². The molecular formula is C29H34FN3O8S2. The van der Waals surface area contributed by atoms with Gasteiger partial charge in [0.25, 0.3) is 15.9 Å². The first-order valence-electron chi connectivity index (χ1n) is 13.4. The summed E-state index contributed by atoms with van der Waals surface area (Å²) in [6.07, 6.45) is -0.722. The van der Waals surface area contributed by atoms with Crippen LogP contribution in [0.5, 0.6) is 11.5 Å². The maximum absolute atomic E-state index is 13.7. The number of rotatable bonds is 10. The lowest BCUT2D eigenvalue weighted by Gasteiger charge is -2.38. The maximum Gasteiger partial charge on any atom is 0.261 e. The molecule has 0 fully saturated rings. The highest BCUT2D eigenvalue weighted by Crippen LogP contribution is 2.32. The van der Waals surface area contributed by atoms with Gasteiger partial charge < -0.3 is 19.5 Å². The molecule has 0 saturated carbocycles. The van der Waals surface area contributed by atoms with Crippen LogP contribution in [0, 0.1) is 11.7 Å². The average Bonchev–Trinajstić information content (AvgIpc) is 2.98. The predicted octanol–water partition coefficient (Wildman–Crippen LogP) is 3.18. The monoisotopic (exact) mass is 635 g/mol. The number of carbonyl (C=O) groups excluding carboxylic acids is 1. The Labute approximate surface area is 250 Å². The molecule has 1 aliphatic rings. The van der Waals surface area contributed by atoms with Crippen LogP contribution >= 0.6 is 0 Å². The molecule has 3 aromatic rings. The molecule has 2 N–H and O–H groups in total. The van der Waals surface area contributed by atoms with Crippen LogP contribution in [0.4, 0.5) is 10.1 Å². The molecule has 232 valence electrons. The molecule has 1 aliphatic heterocycles. The number of benzene rings is 3. The van der Waals surface area contributed by atoms with E-state index < -0.39 is 43.9 Å². The summed E-state index contributed by atoms with van der Waals surface area (Å²) in [7, 11) is -5.11. The standard InChI is InChI=1S/C29H34FN3O8S2/c1-19-16-33(20(2)18-34)29(35)26-15-22(31-42(36,37)24-10-5-21(30)6-11-24)7-14-27(26)41-28(19)17-32(3)43(38,39)25-12-8-23(40-4)9-13-25/h5-15,19-20,28,31,34H,16-18H2,1-4H3/t19-,20+,28+/m0/s1. The van der Waals surface area contributed by atoms with Gasteiger partial charge in [-0.25, -0.2) is 21.2 Å². The number of sulfonamides is 2. The minimum atomic E-state index is -4.11. The van der Waals surface area contributed by atoms with Gasteiger partial charge in [-0.05, 0) is 73.7 Å². The van der Waals surface area contributed by atoms with Crippen molar-refractivity contribution < 1.29 is 40.6 Å². The summed E-state index contributed by atoms with van der Waals surface area (Å²) in [4.78, 5) is 15.0. The fourth-order valence-electron chi connectivity index (χ4n) is 4.61. The van der Waals surface area contributed by atoms with E-state index in [9.17, 15) is 31.1 Å². The zero-order valence-corrected chi connectivity index (χ0v) is 25.7. The number of nitrogens with zero attached hydrogens (tertiary/aromatic N) is 2. The second-order valence-electron chi connectivity index (χ2n) is 10.4. The van der Waals surface area contributed by atoms with Crippen LogP contribution < -0.4 is 14.2 Å². The number of likely N-dealkylation sites (N-methyl/N-ethyl adjacent to an activating group) is 1. The predicted molar refractivity (Wildman–Crippen MR) is 158 cm³/mol. The number of aliphatic hydroxyl groups excluding tert-OH is 1. The zero-order chi connectivity index (χ0) is 31.5. The van der Waals surface area contributed by atoms with Gasteiger partial charge in [0.1, 0.15) is 23.4 Å². The second kappa shape index (κ2) is 12.9. The van der Waals surface area contributed by atoms with Gasteiger partial charge in [0.05, 0.1) is 41.7 Å². The number of hydrogen-bond donors (Lipinski definition) is 2. The Morgan fingerprint density at radius 1 is 1.07 bits per heavy atom. The molecule has 0 saturated heterocycles. The van der Waals surface area contributed by atoms with Gasteiger partial charge in [0.2, 0.25) is 10.0 Å². The number of amides is 1. The molecule has 0 radical (unpaired) electrons. The van der Waals surface area contributed by atoms with Crippen LogP contribution in [0.25, 0.3) is 0 Å². The lowest BCUT2D eigenvalue weighted by atomic mass is 9.99. The molecule has 3 aromatic carbocycles.